The molecule has 0 N–H and O–H groups in total. The van der Waals surface area contributed by atoms with Gasteiger partial charge in [-0.25, -0.2) is 0 Å². The van der Waals surface area contributed by atoms with E-state index in [1.807, 2.05) is 19.1 Å². The largest absolute Gasteiger partial charge is 0.306 e. The normalized spacial score (nSPS) is 12.1. The predicted octanol–water partition coefficient (Wildman–Crippen LogP) is 6.36. The Morgan fingerprint density at radius 3 is 2.41 bits per heavy atom. The Kier molecular flexibility index (Phi) is 3.60. The summed E-state index contributed by atoms with van der Waals surface area (Å²) in [5.74, 6) is 0. The minimum atomic E-state index is 0.702. The molecule has 140 valence electrons. The zero-order valence-corrected chi connectivity index (χ0v) is 17.2. The molecule has 0 spiro atoms. The fourth-order valence-electron chi connectivity index (χ4n) is 4.98. The van der Waals surface area contributed by atoms with Crippen molar-refractivity contribution in [3.63, 3.8) is 0 Å². The van der Waals surface area contributed by atoms with Crippen molar-refractivity contribution in [3.05, 3.63) is 75.5 Å². The van der Waals surface area contributed by atoms with Crippen LogP contribution in [0.15, 0.2) is 42.5 Å². The molecule has 0 aliphatic rings. The van der Waals surface area contributed by atoms with Crippen molar-refractivity contribution in [2.24, 2.45) is 0 Å². The number of aryl methyl sites for hydroxylation is 3. The van der Waals surface area contributed by atoms with E-state index < -0.39 is 0 Å². The van der Waals surface area contributed by atoms with Crippen molar-refractivity contribution in [1.82, 2.24) is 4.40 Å². The molecule has 0 unspecified atom stereocenters. The van der Waals surface area contributed by atoms with Crippen LogP contribution in [0.1, 0.15) is 34.7 Å². The SMILES string of the molecule is C=c1c2c(C)c(C)cc(C)c2n2c3c(C#N)cccc3c3ccc(/C=C\C)c1c32. The van der Waals surface area contributed by atoms with E-state index in [1.54, 1.807) is 0 Å². The van der Waals surface area contributed by atoms with Crippen molar-refractivity contribution < 1.29 is 0 Å². The highest BCUT2D eigenvalue weighted by Crippen LogP contribution is 2.38. The first-order valence-electron chi connectivity index (χ1n) is 9.93. The van der Waals surface area contributed by atoms with Crippen LogP contribution >= 0.6 is 0 Å². The molecular formula is C27H22N2. The molecule has 0 atom stereocenters. The molecule has 0 aliphatic heterocycles. The maximum Gasteiger partial charge on any atom is 0.101 e. The van der Waals surface area contributed by atoms with E-state index in [0.717, 1.165) is 32.7 Å². The summed E-state index contributed by atoms with van der Waals surface area (Å²) in [6, 6.07) is 15.0. The third kappa shape index (κ3) is 2.10. The van der Waals surface area contributed by atoms with Crippen LogP contribution < -0.4 is 5.22 Å². The summed E-state index contributed by atoms with van der Waals surface area (Å²) in [6.45, 7) is 13.1. The monoisotopic (exact) mass is 374 g/mol. The van der Waals surface area contributed by atoms with Crippen molar-refractivity contribution in [2.45, 2.75) is 27.7 Å². The summed E-state index contributed by atoms with van der Waals surface area (Å²) in [5, 5.41) is 15.6. The van der Waals surface area contributed by atoms with Gasteiger partial charge in [0.1, 0.15) is 6.07 Å². The quantitative estimate of drug-likeness (QED) is 0.314. The zero-order valence-electron chi connectivity index (χ0n) is 17.2. The van der Waals surface area contributed by atoms with Crippen molar-refractivity contribution in [1.29, 1.82) is 5.26 Å². The first-order valence-corrected chi connectivity index (χ1v) is 9.93. The van der Waals surface area contributed by atoms with E-state index in [-0.39, 0.29) is 0 Å². The number of para-hydroxylation sites is 1. The van der Waals surface area contributed by atoms with Gasteiger partial charge in [-0.05, 0) is 61.2 Å². The number of aromatic nitrogens is 1. The Balaban J connectivity index is 2.32. The Morgan fingerprint density at radius 1 is 0.931 bits per heavy atom. The summed E-state index contributed by atoms with van der Waals surface area (Å²) in [5.41, 5.74) is 8.89. The lowest BCUT2D eigenvalue weighted by atomic mass is 9.94. The van der Waals surface area contributed by atoms with Gasteiger partial charge in [0, 0.05) is 21.5 Å². The van der Waals surface area contributed by atoms with Gasteiger partial charge in [0.05, 0.1) is 22.1 Å². The molecule has 2 heteroatoms. The summed E-state index contributed by atoms with van der Waals surface area (Å²) in [6.07, 6.45) is 4.22. The highest BCUT2D eigenvalue weighted by Gasteiger charge is 2.20. The smallest absolute Gasteiger partial charge is 0.101 e. The first-order chi connectivity index (χ1) is 14.0. The van der Waals surface area contributed by atoms with Crippen molar-refractivity contribution >= 4 is 50.7 Å². The van der Waals surface area contributed by atoms with E-state index in [9.17, 15) is 5.26 Å². The fourth-order valence-corrected chi connectivity index (χ4v) is 4.98. The average molecular weight is 374 g/mol. The zero-order chi connectivity index (χ0) is 20.4. The van der Waals surface area contributed by atoms with Crippen LogP contribution in [0.3, 0.4) is 0 Å². The number of nitriles is 1. The number of nitrogens with zero attached hydrogens (tertiary/aromatic N) is 2. The van der Waals surface area contributed by atoms with E-state index >= 15 is 0 Å². The lowest BCUT2D eigenvalue weighted by molar-refractivity contribution is 1.26. The molecule has 2 aromatic heterocycles. The van der Waals surface area contributed by atoms with Crippen molar-refractivity contribution in [3.8, 4) is 6.07 Å². The molecule has 3 aromatic carbocycles. The summed E-state index contributed by atoms with van der Waals surface area (Å²) in [7, 11) is 0. The lowest BCUT2D eigenvalue weighted by Gasteiger charge is -2.16. The van der Waals surface area contributed by atoms with Crippen molar-refractivity contribution in [2.75, 3.05) is 0 Å². The van der Waals surface area contributed by atoms with Crippen LogP contribution in [-0.4, -0.2) is 4.40 Å². The van der Waals surface area contributed by atoms with Gasteiger partial charge in [-0.15, -0.1) is 0 Å². The second-order valence-corrected chi connectivity index (χ2v) is 7.91. The molecule has 29 heavy (non-hydrogen) atoms. The van der Waals surface area contributed by atoms with Crippen LogP contribution in [0, 0.1) is 32.1 Å². The van der Waals surface area contributed by atoms with Crippen LogP contribution in [0.2, 0.25) is 0 Å². The molecule has 2 nitrogen and oxygen atoms in total. The second kappa shape index (κ2) is 5.96. The van der Waals surface area contributed by atoms with Gasteiger partial charge in [-0.3, -0.25) is 0 Å². The maximum atomic E-state index is 9.88. The Labute approximate surface area is 170 Å². The highest BCUT2D eigenvalue weighted by molar-refractivity contribution is 6.20. The van der Waals surface area contributed by atoms with Crippen LogP contribution in [-0.2, 0) is 0 Å². The van der Waals surface area contributed by atoms with E-state index in [0.29, 0.717) is 5.56 Å². The summed E-state index contributed by atoms with van der Waals surface area (Å²) in [4.78, 5) is 0. The lowest BCUT2D eigenvalue weighted by Crippen LogP contribution is -2.11. The topological polar surface area (TPSA) is 28.2 Å². The first kappa shape index (κ1) is 17.5. The Bertz CT molecular complexity index is 1600. The molecular weight excluding hydrogens is 352 g/mol. The number of pyridine rings is 1. The average Bonchev–Trinajstić information content (AvgIpc) is 3.04. The van der Waals surface area contributed by atoms with Gasteiger partial charge in [0.2, 0.25) is 0 Å². The minimum Gasteiger partial charge on any atom is -0.306 e. The molecule has 0 saturated heterocycles. The van der Waals surface area contributed by atoms with Gasteiger partial charge in [0.25, 0.3) is 0 Å². The number of rotatable bonds is 1. The number of hydrogen-bond acceptors (Lipinski definition) is 1. The second-order valence-electron chi connectivity index (χ2n) is 7.91. The predicted molar refractivity (Wildman–Crippen MR) is 124 cm³/mol. The summed E-state index contributed by atoms with van der Waals surface area (Å²) < 4.78 is 2.32. The third-order valence-electron chi connectivity index (χ3n) is 6.29. The van der Waals surface area contributed by atoms with Gasteiger partial charge < -0.3 is 4.40 Å². The highest BCUT2D eigenvalue weighted by atomic mass is 14.9. The van der Waals surface area contributed by atoms with E-state index in [2.05, 4.69) is 74.2 Å². The molecule has 0 radical (unpaired) electrons. The summed E-state index contributed by atoms with van der Waals surface area (Å²) >= 11 is 0. The number of fused-ring (bicyclic) bond motifs is 5. The van der Waals surface area contributed by atoms with Gasteiger partial charge in [0.15, 0.2) is 0 Å². The maximum absolute atomic E-state index is 9.88. The molecule has 0 bridgehead atoms. The number of hydrogen-bond donors (Lipinski definition) is 0. The van der Waals surface area contributed by atoms with Crippen LogP contribution in [0.25, 0.3) is 50.7 Å². The molecule has 0 saturated carbocycles. The molecule has 0 amide bonds. The van der Waals surface area contributed by atoms with E-state index in [4.69, 9.17) is 0 Å². The molecule has 0 aliphatic carbocycles. The third-order valence-corrected chi connectivity index (χ3v) is 6.29. The van der Waals surface area contributed by atoms with Gasteiger partial charge in [-0.1, -0.05) is 49.1 Å². The van der Waals surface area contributed by atoms with E-state index in [1.165, 1.54) is 32.8 Å². The van der Waals surface area contributed by atoms with Gasteiger partial charge in [-0.2, -0.15) is 5.26 Å². The standard InChI is InChI=1S/C27H22N2/c1-6-8-19-11-12-22-21-10-7-9-20(14-28)26(21)29-25-16(3)13-15(2)17(4)23(25)18(5)24(19)27(22)29/h6-13H,5H2,1-4H3/b8-6-. The molecule has 0 fully saturated rings. The number of benzene rings is 3. The minimum absolute atomic E-state index is 0.702. The Hall–Kier alpha value is -3.57. The van der Waals surface area contributed by atoms with Crippen LogP contribution in [0.5, 0.6) is 0 Å². The van der Waals surface area contributed by atoms with Crippen LogP contribution in [0.4, 0.5) is 0 Å². The molecule has 2 heterocycles. The fraction of sp³-hybridized carbons (Fsp3) is 0.148. The molecule has 5 rings (SSSR count). The van der Waals surface area contributed by atoms with Gasteiger partial charge >= 0.3 is 0 Å². The molecule has 5 aromatic rings. The number of allylic oxidation sites excluding steroid dienone is 1. The Morgan fingerprint density at radius 2 is 1.69 bits per heavy atom.